The lowest BCUT2D eigenvalue weighted by atomic mass is 10.1. The van der Waals surface area contributed by atoms with Gasteiger partial charge in [-0.2, -0.15) is 0 Å². The van der Waals surface area contributed by atoms with Gasteiger partial charge in [0.25, 0.3) is 0 Å². The fraction of sp³-hybridized carbons (Fsp3) is 0.409. The van der Waals surface area contributed by atoms with Crippen molar-refractivity contribution < 1.29 is 14.6 Å². The standard InChI is InChI=1S/C22H28N2O3/c1-17-4-3-5-22(14-17)27-16-21(26)15-23-10-12-24(13-11-23)20-8-6-19(7-9-20)18(2)25/h3-9,14,21,26H,10-13,15-16H2,1-2H3. The van der Waals surface area contributed by atoms with E-state index in [9.17, 15) is 9.90 Å². The third-order valence-corrected chi connectivity index (χ3v) is 4.91. The second-order valence-electron chi connectivity index (χ2n) is 7.17. The average Bonchev–Trinajstić information content (AvgIpc) is 2.67. The molecule has 1 N–H and O–H groups in total. The zero-order valence-corrected chi connectivity index (χ0v) is 16.1. The first-order valence-corrected chi connectivity index (χ1v) is 9.47. The molecule has 1 aliphatic rings. The van der Waals surface area contributed by atoms with Crippen LogP contribution in [0.3, 0.4) is 0 Å². The van der Waals surface area contributed by atoms with Crippen molar-refractivity contribution >= 4 is 11.5 Å². The quantitative estimate of drug-likeness (QED) is 0.762. The molecule has 0 amide bonds. The predicted molar refractivity (Wildman–Crippen MR) is 108 cm³/mol. The van der Waals surface area contributed by atoms with E-state index in [1.807, 2.05) is 55.5 Å². The molecule has 1 unspecified atom stereocenters. The van der Waals surface area contributed by atoms with Crippen LogP contribution in [-0.2, 0) is 0 Å². The van der Waals surface area contributed by atoms with Crippen LogP contribution in [0.2, 0.25) is 0 Å². The Hall–Kier alpha value is -2.37. The van der Waals surface area contributed by atoms with Gasteiger partial charge in [-0.3, -0.25) is 9.69 Å². The lowest BCUT2D eigenvalue weighted by Crippen LogP contribution is -2.49. The first-order valence-electron chi connectivity index (χ1n) is 9.47. The molecule has 0 saturated carbocycles. The smallest absolute Gasteiger partial charge is 0.159 e. The molecule has 2 aromatic carbocycles. The maximum Gasteiger partial charge on any atom is 0.159 e. The number of aliphatic hydroxyl groups excluding tert-OH is 1. The van der Waals surface area contributed by atoms with Gasteiger partial charge < -0.3 is 14.7 Å². The van der Waals surface area contributed by atoms with Gasteiger partial charge >= 0.3 is 0 Å². The van der Waals surface area contributed by atoms with Crippen LogP contribution in [0.4, 0.5) is 5.69 Å². The Kier molecular flexibility index (Phi) is 6.48. The molecule has 1 saturated heterocycles. The van der Waals surface area contributed by atoms with Crippen LogP contribution in [0.15, 0.2) is 48.5 Å². The molecule has 5 nitrogen and oxygen atoms in total. The van der Waals surface area contributed by atoms with E-state index in [-0.39, 0.29) is 5.78 Å². The molecule has 1 atom stereocenters. The zero-order chi connectivity index (χ0) is 19.2. The number of piperazine rings is 1. The molecular formula is C22H28N2O3. The summed E-state index contributed by atoms with van der Waals surface area (Å²) in [6.07, 6.45) is -0.507. The Labute approximate surface area is 161 Å². The highest BCUT2D eigenvalue weighted by Gasteiger charge is 2.20. The SMILES string of the molecule is CC(=O)c1ccc(N2CCN(CC(O)COc3cccc(C)c3)CC2)cc1. The summed E-state index contributed by atoms with van der Waals surface area (Å²) in [6, 6.07) is 15.7. The molecule has 3 rings (SSSR count). The predicted octanol–water partition coefficient (Wildman–Crippen LogP) is 2.76. The first-order chi connectivity index (χ1) is 13.0. The highest BCUT2D eigenvalue weighted by atomic mass is 16.5. The van der Waals surface area contributed by atoms with Crippen LogP contribution in [0.1, 0.15) is 22.8 Å². The Balaban J connectivity index is 1.42. The maximum absolute atomic E-state index is 11.4. The van der Waals surface area contributed by atoms with Gasteiger partial charge in [-0.05, 0) is 55.8 Å². The minimum absolute atomic E-state index is 0.0910. The van der Waals surface area contributed by atoms with E-state index in [0.717, 1.165) is 48.7 Å². The van der Waals surface area contributed by atoms with Gasteiger partial charge in [-0.1, -0.05) is 12.1 Å². The van der Waals surface area contributed by atoms with Crippen LogP contribution in [0.5, 0.6) is 5.75 Å². The second kappa shape index (κ2) is 9.02. The third-order valence-electron chi connectivity index (χ3n) is 4.91. The number of ether oxygens (including phenoxy) is 1. The van der Waals surface area contributed by atoms with Crippen molar-refractivity contribution in [3.63, 3.8) is 0 Å². The van der Waals surface area contributed by atoms with Crippen molar-refractivity contribution in [1.82, 2.24) is 4.90 Å². The number of carbonyl (C=O) groups is 1. The molecule has 0 aliphatic carbocycles. The van der Waals surface area contributed by atoms with E-state index < -0.39 is 6.10 Å². The van der Waals surface area contributed by atoms with Crippen molar-refractivity contribution in [3.05, 3.63) is 59.7 Å². The van der Waals surface area contributed by atoms with Gasteiger partial charge in [0.15, 0.2) is 5.78 Å². The number of aliphatic hydroxyl groups is 1. The van der Waals surface area contributed by atoms with Crippen LogP contribution in [-0.4, -0.2) is 61.2 Å². The number of β-amino-alcohol motifs (C(OH)–C–C–N with tert-alkyl or cyclic N) is 1. The van der Waals surface area contributed by atoms with Crippen molar-refractivity contribution in [2.75, 3.05) is 44.2 Å². The molecule has 2 aromatic rings. The number of Topliss-reactive ketones (excluding diaryl/α,β-unsaturated/α-hetero) is 1. The minimum atomic E-state index is -0.507. The molecule has 0 radical (unpaired) electrons. The monoisotopic (exact) mass is 368 g/mol. The van der Waals surface area contributed by atoms with E-state index in [1.54, 1.807) is 6.92 Å². The minimum Gasteiger partial charge on any atom is -0.491 e. The Bertz CT molecular complexity index is 752. The zero-order valence-electron chi connectivity index (χ0n) is 16.1. The van der Waals surface area contributed by atoms with E-state index in [0.29, 0.717) is 13.2 Å². The summed E-state index contributed by atoms with van der Waals surface area (Å²) in [5.74, 6) is 0.890. The van der Waals surface area contributed by atoms with Crippen molar-refractivity contribution in [1.29, 1.82) is 0 Å². The number of benzene rings is 2. The summed E-state index contributed by atoms with van der Waals surface area (Å²) in [6.45, 7) is 8.14. The van der Waals surface area contributed by atoms with Crippen LogP contribution < -0.4 is 9.64 Å². The summed E-state index contributed by atoms with van der Waals surface area (Å²) < 4.78 is 5.70. The van der Waals surface area contributed by atoms with Crippen LogP contribution >= 0.6 is 0 Å². The fourth-order valence-corrected chi connectivity index (χ4v) is 3.34. The Morgan fingerprint density at radius 2 is 1.81 bits per heavy atom. The number of nitrogens with zero attached hydrogens (tertiary/aromatic N) is 2. The van der Waals surface area contributed by atoms with Gasteiger partial charge in [-0.25, -0.2) is 0 Å². The van der Waals surface area contributed by atoms with Crippen molar-refractivity contribution in [3.8, 4) is 5.75 Å². The number of anilines is 1. The molecule has 5 heteroatoms. The second-order valence-corrected chi connectivity index (χ2v) is 7.17. The fourth-order valence-electron chi connectivity index (χ4n) is 3.34. The third kappa shape index (κ3) is 5.55. The summed E-state index contributed by atoms with van der Waals surface area (Å²) in [5.41, 5.74) is 3.03. The first kappa shape index (κ1) is 19.4. The summed E-state index contributed by atoms with van der Waals surface area (Å²) >= 11 is 0. The number of carbonyl (C=O) groups excluding carboxylic acids is 1. The van der Waals surface area contributed by atoms with Gasteiger partial charge in [0.05, 0.1) is 0 Å². The number of aryl methyl sites for hydroxylation is 1. The highest BCUT2D eigenvalue weighted by Crippen LogP contribution is 2.18. The summed E-state index contributed by atoms with van der Waals surface area (Å²) in [4.78, 5) is 16.0. The molecule has 27 heavy (non-hydrogen) atoms. The van der Waals surface area contributed by atoms with E-state index in [4.69, 9.17) is 4.74 Å². The number of rotatable bonds is 7. The molecule has 1 heterocycles. The van der Waals surface area contributed by atoms with Gasteiger partial charge in [0, 0.05) is 44.0 Å². The number of hydrogen-bond acceptors (Lipinski definition) is 5. The molecule has 0 aromatic heterocycles. The van der Waals surface area contributed by atoms with Crippen molar-refractivity contribution in [2.45, 2.75) is 20.0 Å². The van der Waals surface area contributed by atoms with Gasteiger partial charge in [0.2, 0.25) is 0 Å². The largest absolute Gasteiger partial charge is 0.491 e. The Morgan fingerprint density at radius 3 is 2.44 bits per heavy atom. The molecular weight excluding hydrogens is 340 g/mol. The topological polar surface area (TPSA) is 53.0 Å². The lowest BCUT2D eigenvalue weighted by molar-refractivity contribution is 0.0663. The highest BCUT2D eigenvalue weighted by molar-refractivity contribution is 5.94. The molecule has 1 fully saturated rings. The summed E-state index contributed by atoms with van der Waals surface area (Å²) in [7, 11) is 0. The average molecular weight is 368 g/mol. The number of hydrogen-bond donors (Lipinski definition) is 1. The van der Waals surface area contributed by atoms with Crippen LogP contribution in [0, 0.1) is 6.92 Å². The van der Waals surface area contributed by atoms with Crippen molar-refractivity contribution in [2.24, 2.45) is 0 Å². The van der Waals surface area contributed by atoms with Gasteiger partial charge in [-0.15, -0.1) is 0 Å². The molecule has 0 spiro atoms. The van der Waals surface area contributed by atoms with E-state index >= 15 is 0 Å². The number of ketones is 1. The van der Waals surface area contributed by atoms with E-state index in [1.165, 1.54) is 0 Å². The van der Waals surface area contributed by atoms with Gasteiger partial charge in [0.1, 0.15) is 18.5 Å². The van der Waals surface area contributed by atoms with E-state index in [2.05, 4.69) is 9.80 Å². The molecule has 0 bridgehead atoms. The lowest BCUT2D eigenvalue weighted by Gasteiger charge is -2.36. The molecule has 1 aliphatic heterocycles. The Morgan fingerprint density at radius 1 is 1.11 bits per heavy atom. The van der Waals surface area contributed by atoms with Crippen LogP contribution in [0.25, 0.3) is 0 Å². The normalized spacial score (nSPS) is 16.2. The maximum atomic E-state index is 11.4. The molecule has 144 valence electrons. The summed E-state index contributed by atoms with van der Waals surface area (Å²) in [5, 5.41) is 10.3.